The van der Waals surface area contributed by atoms with Gasteiger partial charge in [-0.15, -0.1) is 0 Å². The summed E-state index contributed by atoms with van der Waals surface area (Å²) in [7, 11) is 13.4. The van der Waals surface area contributed by atoms with Crippen molar-refractivity contribution in [1.29, 1.82) is 0 Å². The quantitative estimate of drug-likeness (QED) is 0.0338. The highest BCUT2D eigenvalue weighted by Gasteiger charge is 2.18. The molecule has 384 valence electrons. The molecule has 0 N–H and O–H groups in total. The van der Waals surface area contributed by atoms with Crippen LogP contribution in [0, 0.1) is 0 Å². The molecule has 0 aromatic heterocycles. The van der Waals surface area contributed by atoms with Gasteiger partial charge in [-0.25, -0.2) is 0 Å². The minimum atomic E-state index is 0.823. The summed E-state index contributed by atoms with van der Waals surface area (Å²) in [6.45, 7) is 17.3. The van der Waals surface area contributed by atoms with Gasteiger partial charge in [0.1, 0.15) is 13.0 Å². The van der Waals surface area contributed by atoms with Gasteiger partial charge >= 0.3 is 0 Å². The van der Waals surface area contributed by atoms with Gasteiger partial charge in [0.05, 0.1) is 13.2 Å². The van der Waals surface area contributed by atoms with E-state index < -0.39 is 0 Å². The Bertz CT molecular complexity index is 1060. The van der Waals surface area contributed by atoms with Crippen LogP contribution >= 0.6 is 101 Å². The first-order valence-corrected chi connectivity index (χ1v) is 35.1. The first-order chi connectivity index (χ1) is 31.9. The van der Waals surface area contributed by atoms with Crippen LogP contribution in [0.25, 0.3) is 0 Å². The van der Waals surface area contributed by atoms with E-state index in [0.29, 0.717) is 0 Å². The van der Waals surface area contributed by atoms with Crippen molar-refractivity contribution in [2.45, 2.75) is 220 Å². The predicted octanol–water partition coefficient (Wildman–Crippen LogP) is 18.0. The fourth-order valence-electron chi connectivity index (χ4n) is 7.61. The van der Waals surface area contributed by atoms with E-state index in [4.69, 9.17) is 41.4 Å². The molecule has 3 fully saturated rings. The van der Waals surface area contributed by atoms with Crippen molar-refractivity contribution in [2.75, 3.05) is 89.9 Å². The standard InChI is InChI=1S/C18H36N2S3.C17H33NOS3.C16H31NS3/c1-3-4-5-6-7-8-9-10-11-12-17-22-23-18(21)20-15-13-19(2)14-16-20;1-2-3-4-5-6-7-8-9-10-11-16-21-22-17(20)18-12-14-19-15-13-18;1-2-3-4-5-6-7-8-9-10-11-15-19-20-16(18)17-13-12-14-17/h3-17H2,1-2H3;2-16H2,1H3;2-15H2,1H3. The summed E-state index contributed by atoms with van der Waals surface area (Å²) in [5.41, 5.74) is 0. The summed E-state index contributed by atoms with van der Waals surface area (Å²) in [4.78, 5) is 9.33. The SMILES string of the molecule is CCCCCCCCCCCCSSC(=S)N1CCC1.CCCCCCCCCCCCSSC(=S)N1CCN(C)CC1.CCCCCCCCCCCCSSC(=S)N1CCOCC1. The van der Waals surface area contributed by atoms with E-state index >= 15 is 0 Å². The molecule has 3 aliphatic rings. The Hall–Kier alpha value is 1.69. The van der Waals surface area contributed by atoms with E-state index in [1.54, 1.807) is 10.8 Å². The Morgan fingerprint density at radius 1 is 0.354 bits per heavy atom. The van der Waals surface area contributed by atoms with Gasteiger partial charge in [0.25, 0.3) is 0 Å². The molecular formula is C51H100N4OS9. The molecule has 3 aliphatic heterocycles. The van der Waals surface area contributed by atoms with E-state index in [1.165, 1.54) is 229 Å². The Morgan fingerprint density at radius 3 is 0.892 bits per heavy atom. The maximum absolute atomic E-state index is 5.54. The molecule has 14 heteroatoms. The van der Waals surface area contributed by atoms with Gasteiger partial charge in [-0.2, -0.15) is 0 Å². The Labute approximate surface area is 444 Å². The van der Waals surface area contributed by atoms with Gasteiger partial charge in [0, 0.05) is 69.6 Å². The number of thiocarbonyl (C=S) groups is 3. The Kier molecular flexibility index (Phi) is 50.4. The van der Waals surface area contributed by atoms with E-state index in [1.807, 2.05) is 54.0 Å². The van der Waals surface area contributed by atoms with Crippen LogP contribution in [0.3, 0.4) is 0 Å². The summed E-state index contributed by atoms with van der Waals surface area (Å²) in [6, 6.07) is 0. The minimum Gasteiger partial charge on any atom is -0.378 e. The van der Waals surface area contributed by atoms with Crippen LogP contribution in [0.4, 0.5) is 0 Å². The molecule has 0 aromatic carbocycles. The zero-order valence-electron chi connectivity index (χ0n) is 42.5. The number of hydrogen-bond acceptors (Lipinski definition) is 11. The third kappa shape index (κ3) is 42.0. The van der Waals surface area contributed by atoms with Crippen LogP contribution in [0.15, 0.2) is 0 Å². The van der Waals surface area contributed by atoms with E-state index in [9.17, 15) is 0 Å². The number of unbranched alkanes of at least 4 members (excludes halogenated alkanes) is 27. The molecule has 0 unspecified atom stereocenters. The van der Waals surface area contributed by atoms with Crippen molar-refractivity contribution >= 4 is 114 Å². The van der Waals surface area contributed by atoms with Crippen molar-refractivity contribution in [2.24, 2.45) is 0 Å². The topological polar surface area (TPSA) is 22.2 Å². The average molecular weight is 1070 g/mol. The van der Waals surface area contributed by atoms with Gasteiger partial charge < -0.3 is 24.3 Å². The second kappa shape index (κ2) is 50.6. The summed E-state index contributed by atoms with van der Waals surface area (Å²) in [5.74, 6) is 3.73. The predicted molar refractivity (Wildman–Crippen MR) is 321 cm³/mol. The lowest BCUT2D eigenvalue weighted by Crippen LogP contribution is -2.45. The molecule has 0 atom stereocenters. The van der Waals surface area contributed by atoms with E-state index in [0.717, 1.165) is 65.4 Å². The monoisotopic (exact) mass is 1070 g/mol. The molecule has 3 heterocycles. The van der Waals surface area contributed by atoms with Crippen molar-refractivity contribution in [1.82, 2.24) is 19.6 Å². The summed E-state index contributed by atoms with van der Waals surface area (Å²) in [6.07, 6.45) is 43.8. The average Bonchev–Trinajstić information content (AvgIpc) is 3.30. The van der Waals surface area contributed by atoms with Crippen LogP contribution < -0.4 is 0 Å². The Morgan fingerprint density at radius 2 is 0.615 bits per heavy atom. The molecular weight excluding hydrogens is 973 g/mol. The minimum absolute atomic E-state index is 0.823. The summed E-state index contributed by atoms with van der Waals surface area (Å²) < 4.78 is 8.59. The largest absolute Gasteiger partial charge is 0.378 e. The molecule has 0 spiro atoms. The molecule has 0 saturated carbocycles. The zero-order chi connectivity index (χ0) is 47.1. The van der Waals surface area contributed by atoms with Crippen LogP contribution in [0.2, 0.25) is 0 Å². The van der Waals surface area contributed by atoms with Crippen LogP contribution in [-0.4, -0.2) is 122 Å². The third-order valence-corrected chi connectivity index (χ3v) is 21.7. The van der Waals surface area contributed by atoms with Crippen molar-refractivity contribution in [3.05, 3.63) is 0 Å². The molecule has 0 aromatic rings. The normalized spacial score (nSPS) is 15.2. The number of morpholine rings is 1. The fraction of sp³-hybridized carbons (Fsp3) is 0.941. The molecule has 0 bridgehead atoms. The van der Waals surface area contributed by atoms with Crippen molar-refractivity contribution in [3.63, 3.8) is 0 Å². The highest BCUT2D eigenvalue weighted by molar-refractivity contribution is 8.84. The van der Waals surface area contributed by atoms with Gasteiger partial charge in [-0.1, -0.05) is 263 Å². The van der Waals surface area contributed by atoms with Gasteiger partial charge in [0.15, 0.2) is 0 Å². The fourth-order valence-corrected chi connectivity index (χ4v) is 15.5. The van der Waals surface area contributed by atoms with E-state index in [-0.39, 0.29) is 0 Å². The molecule has 3 rings (SSSR count). The van der Waals surface area contributed by atoms with Crippen LogP contribution in [0.1, 0.15) is 220 Å². The molecule has 0 aliphatic carbocycles. The van der Waals surface area contributed by atoms with Crippen molar-refractivity contribution < 1.29 is 4.74 Å². The molecule has 3 saturated heterocycles. The van der Waals surface area contributed by atoms with Crippen LogP contribution in [-0.2, 0) is 4.74 Å². The highest BCUT2D eigenvalue weighted by Crippen LogP contribution is 2.30. The highest BCUT2D eigenvalue weighted by atomic mass is 33.1. The summed E-state index contributed by atoms with van der Waals surface area (Å²) >= 11 is 16.4. The molecule has 65 heavy (non-hydrogen) atoms. The first kappa shape index (κ1) is 64.7. The number of piperazine rings is 1. The molecule has 0 amide bonds. The number of hydrogen-bond donors (Lipinski definition) is 0. The lowest BCUT2D eigenvalue weighted by atomic mass is 10.1. The number of likely N-dealkylation sites (tertiary alicyclic amines) is 1. The number of ether oxygens (including phenoxy) is 1. The summed E-state index contributed by atoms with van der Waals surface area (Å²) in [5, 5.41) is 0. The number of likely N-dealkylation sites (N-methyl/N-ethyl adjacent to an activating group) is 1. The maximum Gasteiger partial charge on any atom is 0.147 e. The first-order valence-electron chi connectivity index (χ1n) is 26.9. The van der Waals surface area contributed by atoms with E-state index in [2.05, 4.69) is 47.4 Å². The third-order valence-electron chi connectivity index (χ3n) is 12.3. The second-order valence-electron chi connectivity index (χ2n) is 18.3. The van der Waals surface area contributed by atoms with Crippen LogP contribution in [0.5, 0.6) is 0 Å². The lowest BCUT2D eigenvalue weighted by molar-refractivity contribution is 0.0703. The molecule has 0 radical (unpaired) electrons. The number of nitrogens with zero attached hydrogens (tertiary/aromatic N) is 4. The smallest absolute Gasteiger partial charge is 0.147 e. The Balaban J connectivity index is 0.000000489. The van der Waals surface area contributed by atoms with Gasteiger partial charge in [0.2, 0.25) is 0 Å². The van der Waals surface area contributed by atoms with Gasteiger partial charge in [-0.3, -0.25) is 0 Å². The second-order valence-corrected chi connectivity index (χ2v) is 27.4. The lowest BCUT2D eigenvalue weighted by Gasteiger charge is -2.33. The molecule has 5 nitrogen and oxygen atoms in total. The van der Waals surface area contributed by atoms with Gasteiger partial charge in [-0.05, 0) is 65.1 Å². The zero-order valence-corrected chi connectivity index (χ0v) is 49.8. The maximum atomic E-state index is 5.54. The number of rotatable bonds is 36. The van der Waals surface area contributed by atoms with Crippen molar-refractivity contribution in [3.8, 4) is 0 Å².